The third kappa shape index (κ3) is 1.76. The summed E-state index contributed by atoms with van der Waals surface area (Å²) in [6.07, 6.45) is 2.05. The molecule has 2 atom stereocenters. The van der Waals surface area contributed by atoms with E-state index < -0.39 is 11.9 Å². The molecule has 0 spiro atoms. The Bertz CT molecular complexity index is 172. The lowest BCUT2D eigenvalue weighted by molar-refractivity contribution is -0.143. The smallest absolute Gasteiger partial charge is 0.309 e. The van der Waals surface area contributed by atoms with Crippen molar-refractivity contribution in [3.05, 3.63) is 0 Å². The minimum Gasteiger partial charge on any atom is -0.481 e. The highest BCUT2D eigenvalue weighted by molar-refractivity contribution is 5.71. The molecule has 0 aromatic rings. The summed E-state index contributed by atoms with van der Waals surface area (Å²) in [5, 5.41) is 8.84. The van der Waals surface area contributed by atoms with Gasteiger partial charge in [0.1, 0.15) is 0 Å². The maximum absolute atomic E-state index is 10.8. The van der Waals surface area contributed by atoms with E-state index in [9.17, 15) is 4.79 Å². The molecule has 0 saturated carbocycles. The average Bonchev–Trinajstić information content (AvgIpc) is 2.38. The molecule has 0 aromatic carbocycles. The molecule has 1 aliphatic heterocycles. The zero-order valence-corrected chi connectivity index (χ0v) is 7.36. The van der Waals surface area contributed by atoms with E-state index in [4.69, 9.17) is 10.8 Å². The molecule has 4 nitrogen and oxygen atoms in total. The van der Waals surface area contributed by atoms with Crippen molar-refractivity contribution in [1.82, 2.24) is 4.90 Å². The molecule has 1 rings (SSSR count). The predicted octanol–water partition coefficient (Wildman–Crippen LogP) is -0.260. The molecular weight excluding hydrogens is 156 g/mol. The fourth-order valence-electron chi connectivity index (χ4n) is 1.87. The van der Waals surface area contributed by atoms with Crippen molar-refractivity contribution in [1.29, 1.82) is 0 Å². The van der Waals surface area contributed by atoms with Gasteiger partial charge in [-0.2, -0.15) is 0 Å². The second-order valence-electron chi connectivity index (χ2n) is 3.37. The van der Waals surface area contributed by atoms with Crippen LogP contribution >= 0.6 is 0 Å². The number of hydrogen-bond donors (Lipinski definition) is 2. The third-order valence-electron chi connectivity index (χ3n) is 2.61. The van der Waals surface area contributed by atoms with E-state index in [2.05, 4.69) is 4.90 Å². The molecule has 0 aromatic heterocycles. The van der Waals surface area contributed by atoms with Gasteiger partial charge in [-0.25, -0.2) is 0 Å². The van der Waals surface area contributed by atoms with Gasteiger partial charge in [0.15, 0.2) is 0 Å². The van der Waals surface area contributed by atoms with Crippen molar-refractivity contribution in [2.75, 3.05) is 20.1 Å². The van der Waals surface area contributed by atoms with Crippen molar-refractivity contribution in [2.45, 2.75) is 18.9 Å². The summed E-state index contributed by atoms with van der Waals surface area (Å²) in [6.45, 7) is 1.23. The van der Waals surface area contributed by atoms with E-state index in [0.717, 1.165) is 19.4 Å². The Morgan fingerprint density at radius 3 is 2.83 bits per heavy atom. The van der Waals surface area contributed by atoms with E-state index in [1.165, 1.54) is 0 Å². The van der Waals surface area contributed by atoms with Gasteiger partial charge in [-0.15, -0.1) is 0 Å². The molecule has 0 aliphatic carbocycles. The number of hydrogen-bond acceptors (Lipinski definition) is 3. The van der Waals surface area contributed by atoms with Gasteiger partial charge in [-0.1, -0.05) is 0 Å². The Kier molecular flexibility index (Phi) is 3.05. The number of carboxylic acid groups (broad SMARTS) is 1. The maximum atomic E-state index is 10.8. The molecule has 1 saturated heterocycles. The Labute approximate surface area is 72.3 Å². The number of nitrogens with two attached hydrogens (primary N) is 1. The second kappa shape index (κ2) is 3.87. The predicted molar refractivity (Wildman–Crippen MR) is 45.8 cm³/mol. The lowest BCUT2D eigenvalue weighted by atomic mass is 9.98. The molecule has 0 bridgehead atoms. The van der Waals surface area contributed by atoms with Crippen LogP contribution in [0.2, 0.25) is 0 Å². The SMILES string of the molecule is CN1CCCC1C(CN)C(=O)O. The number of rotatable bonds is 3. The normalized spacial score (nSPS) is 27.3. The molecule has 1 aliphatic rings. The van der Waals surface area contributed by atoms with Crippen LogP contribution < -0.4 is 5.73 Å². The summed E-state index contributed by atoms with van der Waals surface area (Å²) in [5.74, 6) is -1.16. The molecule has 70 valence electrons. The van der Waals surface area contributed by atoms with Crippen LogP contribution in [-0.2, 0) is 4.79 Å². The second-order valence-corrected chi connectivity index (χ2v) is 3.37. The van der Waals surface area contributed by atoms with Crippen molar-refractivity contribution in [3.63, 3.8) is 0 Å². The average molecular weight is 172 g/mol. The number of carboxylic acids is 1. The fourth-order valence-corrected chi connectivity index (χ4v) is 1.87. The van der Waals surface area contributed by atoms with Gasteiger partial charge in [-0.05, 0) is 26.4 Å². The van der Waals surface area contributed by atoms with Gasteiger partial charge in [0, 0.05) is 12.6 Å². The summed E-state index contributed by atoms with van der Waals surface area (Å²) in [6, 6.07) is 0.146. The van der Waals surface area contributed by atoms with Crippen LogP contribution in [0.1, 0.15) is 12.8 Å². The van der Waals surface area contributed by atoms with Gasteiger partial charge in [-0.3, -0.25) is 4.79 Å². The van der Waals surface area contributed by atoms with Gasteiger partial charge in [0.25, 0.3) is 0 Å². The van der Waals surface area contributed by atoms with Crippen LogP contribution in [0.15, 0.2) is 0 Å². The van der Waals surface area contributed by atoms with E-state index in [1.807, 2.05) is 7.05 Å². The molecule has 0 radical (unpaired) electrons. The Balaban J connectivity index is 2.58. The molecule has 2 unspecified atom stereocenters. The van der Waals surface area contributed by atoms with Gasteiger partial charge >= 0.3 is 5.97 Å². The first-order chi connectivity index (χ1) is 5.66. The molecule has 4 heteroatoms. The summed E-state index contributed by atoms with van der Waals surface area (Å²) < 4.78 is 0. The zero-order valence-electron chi connectivity index (χ0n) is 7.36. The Hall–Kier alpha value is -0.610. The van der Waals surface area contributed by atoms with Gasteiger partial charge < -0.3 is 15.7 Å². The van der Waals surface area contributed by atoms with Crippen LogP contribution in [-0.4, -0.2) is 42.2 Å². The van der Waals surface area contributed by atoms with E-state index in [1.54, 1.807) is 0 Å². The quantitative estimate of drug-likeness (QED) is 0.615. The minimum atomic E-state index is -0.767. The summed E-state index contributed by atoms with van der Waals surface area (Å²) >= 11 is 0. The first-order valence-electron chi connectivity index (χ1n) is 4.30. The summed E-state index contributed by atoms with van der Waals surface area (Å²) in [4.78, 5) is 12.8. The first-order valence-corrected chi connectivity index (χ1v) is 4.30. The molecular formula is C8H16N2O2. The van der Waals surface area contributed by atoms with Crippen LogP contribution in [0.3, 0.4) is 0 Å². The van der Waals surface area contributed by atoms with Crippen molar-refractivity contribution < 1.29 is 9.90 Å². The summed E-state index contributed by atoms with van der Waals surface area (Å²) in [5.41, 5.74) is 5.41. The number of aliphatic carboxylic acids is 1. The highest BCUT2D eigenvalue weighted by atomic mass is 16.4. The highest BCUT2D eigenvalue weighted by Gasteiger charge is 2.32. The lowest BCUT2D eigenvalue weighted by Gasteiger charge is -2.24. The minimum absolute atomic E-state index is 0.146. The van der Waals surface area contributed by atoms with E-state index >= 15 is 0 Å². The molecule has 0 amide bonds. The largest absolute Gasteiger partial charge is 0.481 e. The van der Waals surface area contributed by atoms with Gasteiger partial charge in [0.2, 0.25) is 0 Å². The standard InChI is InChI=1S/C8H16N2O2/c1-10-4-2-3-7(10)6(5-9)8(11)12/h6-7H,2-5,9H2,1H3,(H,11,12). The third-order valence-corrected chi connectivity index (χ3v) is 2.61. The molecule has 1 fully saturated rings. The lowest BCUT2D eigenvalue weighted by Crippen LogP contribution is -2.41. The summed E-state index contributed by atoms with van der Waals surface area (Å²) in [7, 11) is 1.96. The molecule has 12 heavy (non-hydrogen) atoms. The van der Waals surface area contributed by atoms with E-state index in [-0.39, 0.29) is 12.6 Å². The molecule has 1 heterocycles. The van der Waals surface area contributed by atoms with Crippen LogP contribution in [0.25, 0.3) is 0 Å². The first kappa shape index (κ1) is 9.48. The zero-order chi connectivity index (χ0) is 9.14. The van der Waals surface area contributed by atoms with E-state index in [0.29, 0.717) is 0 Å². The van der Waals surface area contributed by atoms with Crippen LogP contribution in [0.5, 0.6) is 0 Å². The Morgan fingerprint density at radius 1 is 1.83 bits per heavy atom. The Morgan fingerprint density at radius 2 is 2.50 bits per heavy atom. The van der Waals surface area contributed by atoms with Crippen LogP contribution in [0, 0.1) is 5.92 Å². The molecule has 3 N–H and O–H groups in total. The fraction of sp³-hybridized carbons (Fsp3) is 0.875. The van der Waals surface area contributed by atoms with Crippen molar-refractivity contribution in [2.24, 2.45) is 11.7 Å². The van der Waals surface area contributed by atoms with Crippen molar-refractivity contribution >= 4 is 5.97 Å². The topological polar surface area (TPSA) is 66.6 Å². The number of nitrogens with zero attached hydrogens (tertiary/aromatic N) is 1. The number of likely N-dealkylation sites (tertiary alicyclic amines) is 1. The highest BCUT2D eigenvalue weighted by Crippen LogP contribution is 2.21. The van der Waals surface area contributed by atoms with Gasteiger partial charge in [0.05, 0.1) is 5.92 Å². The number of carbonyl (C=O) groups is 1. The van der Waals surface area contributed by atoms with Crippen molar-refractivity contribution in [3.8, 4) is 0 Å². The monoisotopic (exact) mass is 172 g/mol. The maximum Gasteiger partial charge on any atom is 0.309 e. The van der Waals surface area contributed by atoms with Crippen LogP contribution in [0.4, 0.5) is 0 Å².